The van der Waals surface area contributed by atoms with E-state index in [-0.39, 0.29) is 11.9 Å². The quantitative estimate of drug-likeness (QED) is 0.733. The molecule has 1 aromatic carbocycles. The maximum atomic E-state index is 13.0. The lowest BCUT2D eigenvalue weighted by molar-refractivity contribution is 0.0721. The first-order valence-corrected chi connectivity index (χ1v) is 8.63. The third kappa shape index (κ3) is 2.79. The molecule has 3 aromatic rings. The lowest BCUT2D eigenvalue weighted by atomic mass is 10.1. The number of amides is 1. The van der Waals surface area contributed by atoms with Crippen molar-refractivity contribution >= 4 is 16.9 Å². The zero-order valence-corrected chi connectivity index (χ0v) is 14.8. The van der Waals surface area contributed by atoms with E-state index >= 15 is 0 Å². The highest BCUT2D eigenvalue weighted by atomic mass is 16.2. The molecule has 0 aliphatic carbocycles. The molecule has 25 heavy (non-hydrogen) atoms. The number of nitrogens with zero attached hydrogens (tertiary/aromatic N) is 6. The van der Waals surface area contributed by atoms with Crippen molar-refractivity contribution in [2.24, 2.45) is 7.05 Å². The molecule has 1 aliphatic rings. The highest BCUT2D eigenvalue weighted by Crippen LogP contribution is 2.23. The summed E-state index contributed by atoms with van der Waals surface area (Å²) in [4.78, 5) is 23.7. The van der Waals surface area contributed by atoms with E-state index in [1.54, 1.807) is 6.33 Å². The fourth-order valence-electron chi connectivity index (χ4n) is 3.66. The molecule has 1 fully saturated rings. The van der Waals surface area contributed by atoms with E-state index in [0.717, 1.165) is 42.1 Å². The lowest BCUT2D eigenvalue weighted by Crippen LogP contribution is -2.38. The lowest BCUT2D eigenvalue weighted by Gasteiger charge is -2.25. The zero-order valence-electron chi connectivity index (χ0n) is 14.8. The van der Waals surface area contributed by atoms with E-state index in [1.807, 2.05) is 53.2 Å². The van der Waals surface area contributed by atoms with Gasteiger partial charge in [0.2, 0.25) is 0 Å². The van der Waals surface area contributed by atoms with Crippen LogP contribution in [0.5, 0.6) is 0 Å². The van der Waals surface area contributed by atoms with Gasteiger partial charge in [-0.05, 0) is 44.9 Å². The average Bonchev–Trinajstić information content (AvgIpc) is 3.27. The van der Waals surface area contributed by atoms with Gasteiger partial charge < -0.3 is 9.47 Å². The van der Waals surface area contributed by atoms with E-state index in [0.29, 0.717) is 12.1 Å². The molecule has 3 heterocycles. The second-order valence-corrected chi connectivity index (χ2v) is 6.74. The van der Waals surface area contributed by atoms with Gasteiger partial charge in [0.25, 0.3) is 5.91 Å². The molecule has 0 unspecified atom stereocenters. The molecule has 130 valence electrons. The third-order valence-electron chi connectivity index (χ3n) is 4.96. The predicted octanol–water partition coefficient (Wildman–Crippen LogP) is 2.09. The number of carbonyl (C=O) groups is 1. The molecule has 0 saturated carbocycles. The number of hydrogen-bond acceptors (Lipinski definition) is 4. The summed E-state index contributed by atoms with van der Waals surface area (Å²) < 4.78 is 3.87. The van der Waals surface area contributed by atoms with Crippen LogP contribution in [0, 0.1) is 13.8 Å². The number of likely N-dealkylation sites (tertiary alicyclic amines) is 1. The van der Waals surface area contributed by atoms with Crippen LogP contribution in [0.15, 0.2) is 24.5 Å². The largest absolute Gasteiger partial charge is 0.334 e. The molecule has 0 N–H and O–H groups in total. The van der Waals surface area contributed by atoms with Crippen molar-refractivity contribution in [3.05, 3.63) is 41.7 Å². The summed E-state index contributed by atoms with van der Waals surface area (Å²) in [5, 5.41) is 4.44. The zero-order chi connectivity index (χ0) is 17.6. The first kappa shape index (κ1) is 15.8. The van der Waals surface area contributed by atoms with Crippen LogP contribution in [0.2, 0.25) is 0 Å². The molecule has 2 aromatic heterocycles. The van der Waals surface area contributed by atoms with Crippen molar-refractivity contribution in [3.63, 3.8) is 0 Å². The Morgan fingerprint density at radius 1 is 1.32 bits per heavy atom. The second kappa shape index (κ2) is 5.98. The summed E-state index contributed by atoms with van der Waals surface area (Å²) in [5.74, 6) is 1.74. The monoisotopic (exact) mass is 338 g/mol. The van der Waals surface area contributed by atoms with Gasteiger partial charge in [-0.2, -0.15) is 5.10 Å². The SMILES string of the molecule is Cc1nc(C)n(C[C@@H]2CCCN2C(=O)c2ccc3c(c2)ncn3C)n1. The average molecular weight is 338 g/mol. The maximum Gasteiger partial charge on any atom is 0.254 e. The fraction of sp³-hybridized carbons (Fsp3) is 0.444. The van der Waals surface area contributed by atoms with Gasteiger partial charge in [0.05, 0.1) is 29.9 Å². The Labute approximate surface area is 146 Å². The van der Waals surface area contributed by atoms with Crippen molar-refractivity contribution in [3.8, 4) is 0 Å². The molecule has 0 radical (unpaired) electrons. The Hall–Kier alpha value is -2.70. The van der Waals surface area contributed by atoms with Crippen LogP contribution in [0.4, 0.5) is 0 Å². The first-order valence-electron chi connectivity index (χ1n) is 8.63. The van der Waals surface area contributed by atoms with Gasteiger partial charge in [0, 0.05) is 19.2 Å². The van der Waals surface area contributed by atoms with Crippen molar-refractivity contribution < 1.29 is 4.79 Å². The molecule has 1 amide bonds. The number of carbonyl (C=O) groups excluding carboxylic acids is 1. The summed E-state index contributed by atoms with van der Waals surface area (Å²) in [6.45, 7) is 5.33. The summed E-state index contributed by atoms with van der Waals surface area (Å²) >= 11 is 0. The molecular weight excluding hydrogens is 316 g/mol. The number of fused-ring (bicyclic) bond motifs is 1. The van der Waals surface area contributed by atoms with E-state index in [9.17, 15) is 4.79 Å². The number of aryl methyl sites for hydroxylation is 3. The van der Waals surface area contributed by atoms with Crippen molar-refractivity contribution in [2.75, 3.05) is 6.54 Å². The standard InChI is InChI=1S/C18H22N6O/c1-12-20-13(2)24(21-12)10-15-5-4-8-23(15)18(25)14-6-7-17-16(9-14)19-11-22(17)3/h6-7,9,11,15H,4-5,8,10H2,1-3H3/t15-/m0/s1. The van der Waals surface area contributed by atoms with Crippen LogP contribution in [0.1, 0.15) is 34.8 Å². The number of benzene rings is 1. The first-order chi connectivity index (χ1) is 12.0. The van der Waals surface area contributed by atoms with Gasteiger partial charge in [-0.15, -0.1) is 0 Å². The van der Waals surface area contributed by atoms with Crippen LogP contribution >= 0.6 is 0 Å². The molecule has 4 rings (SSSR count). The molecule has 1 atom stereocenters. The normalized spacial score (nSPS) is 17.6. The molecular formula is C18H22N6O. The molecule has 7 nitrogen and oxygen atoms in total. The minimum absolute atomic E-state index is 0.0737. The summed E-state index contributed by atoms with van der Waals surface area (Å²) in [6, 6.07) is 5.91. The smallest absolute Gasteiger partial charge is 0.254 e. The highest BCUT2D eigenvalue weighted by Gasteiger charge is 2.30. The van der Waals surface area contributed by atoms with E-state index < -0.39 is 0 Å². The minimum atomic E-state index is 0.0737. The van der Waals surface area contributed by atoms with Gasteiger partial charge in [-0.25, -0.2) is 14.6 Å². The van der Waals surface area contributed by atoms with Crippen molar-refractivity contribution in [1.82, 2.24) is 29.2 Å². The number of rotatable bonds is 3. The number of aromatic nitrogens is 5. The minimum Gasteiger partial charge on any atom is -0.334 e. The third-order valence-corrected chi connectivity index (χ3v) is 4.96. The summed E-state index contributed by atoms with van der Waals surface area (Å²) in [7, 11) is 1.95. The molecule has 1 saturated heterocycles. The Kier molecular flexibility index (Phi) is 3.78. The van der Waals surface area contributed by atoms with Gasteiger partial charge in [-0.3, -0.25) is 4.79 Å². The Morgan fingerprint density at radius 2 is 2.16 bits per heavy atom. The molecule has 0 spiro atoms. The fourth-order valence-corrected chi connectivity index (χ4v) is 3.66. The van der Waals surface area contributed by atoms with Crippen molar-refractivity contribution in [1.29, 1.82) is 0 Å². The van der Waals surface area contributed by atoms with Crippen molar-refractivity contribution in [2.45, 2.75) is 39.3 Å². The van der Waals surface area contributed by atoms with E-state index in [1.165, 1.54) is 0 Å². The number of hydrogen-bond donors (Lipinski definition) is 0. The molecule has 0 bridgehead atoms. The van der Waals surface area contributed by atoms with Crippen LogP contribution in [0.25, 0.3) is 11.0 Å². The second-order valence-electron chi connectivity index (χ2n) is 6.74. The summed E-state index contributed by atoms with van der Waals surface area (Å²) in [5.41, 5.74) is 2.58. The molecule has 1 aliphatic heterocycles. The van der Waals surface area contributed by atoms with Crippen LogP contribution in [0.3, 0.4) is 0 Å². The van der Waals surface area contributed by atoms with Crippen LogP contribution in [-0.4, -0.2) is 47.7 Å². The predicted molar refractivity (Wildman–Crippen MR) is 94.3 cm³/mol. The van der Waals surface area contributed by atoms with E-state index in [4.69, 9.17) is 0 Å². The Bertz CT molecular complexity index is 940. The van der Waals surface area contributed by atoms with E-state index in [2.05, 4.69) is 15.1 Å². The van der Waals surface area contributed by atoms with Gasteiger partial charge in [0.15, 0.2) is 0 Å². The van der Waals surface area contributed by atoms with Gasteiger partial charge in [-0.1, -0.05) is 0 Å². The van der Waals surface area contributed by atoms with Crippen LogP contribution < -0.4 is 0 Å². The Balaban J connectivity index is 1.58. The van der Waals surface area contributed by atoms with Gasteiger partial charge in [0.1, 0.15) is 11.6 Å². The Morgan fingerprint density at radius 3 is 2.92 bits per heavy atom. The topological polar surface area (TPSA) is 68.8 Å². The highest BCUT2D eigenvalue weighted by molar-refractivity contribution is 5.97. The number of imidazole rings is 1. The summed E-state index contributed by atoms with van der Waals surface area (Å²) in [6.07, 6.45) is 3.79. The van der Waals surface area contributed by atoms with Gasteiger partial charge >= 0.3 is 0 Å². The van der Waals surface area contributed by atoms with Crippen LogP contribution in [-0.2, 0) is 13.6 Å². The molecule has 7 heteroatoms. The maximum absolute atomic E-state index is 13.0.